The highest BCUT2D eigenvalue weighted by Gasteiger charge is 2.30. The van der Waals surface area contributed by atoms with Gasteiger partial charge in [0.15, 0.2) is 10.2 Å². The number of hydrogen-bond donors (Lipinski definition) is 18. The van der Waals surface area contributed by atoms with Gasteiger partial charge in [-0.15, -0.1) is 0 Å². The monoisotopic (exact) mass is 1370 g/mol. The van der Waals surface area contributed by atoms with Gasteiger partial charge in [0.2, 0.25) is 0 Å². The molecule has 0 heterocycles. The number of carboxylic acids is 12. The van der Waals surface area contributed by atoms with Crippen LogP contribution in [0.3, 0.4) is 0 Å². The van der Waals surface area contributed by atoms with Crippen LogP contribution in [0.25, 0.3) is 0 Å². The van der Waals surface area contributed by atoms with Gasteiger partial charge in [-0.3, -0.25) is 86.9 Å². The van der Waals surface area contributed by atoms with Crippen LogP contribution in [-0.4, -0.2) is 315 Å². The summed E-state index contributed by atoms with van der Waals surface area (Å²) in [4.78, 5) is 143. The van der Waals surface area contributed by atoms with E-state index >= 15 is 0 Å². The Labute approximate surface area is 549 Å². The molecule has 0 fully saturated rings. The fourth-order valence-corrected chi connectivity index (χ4v) is 9.56. The maximum atomic E-state index is 11.7. The van der Waals surface area contributed by atoms with Crippen molar-refractivity contribution in [3.05, 3.63) is 59.7 Å². The number of unbranched alkanes of at least 4 members (excludes halogenated alkanes) is 2. The second-order valence-electron chi connectivity index (χ2n) is 21.4. The summed E-state index contributed by atoms with van der Waals surface area (Å²) in [7, 11) is 0. The van der Waals surface area contributed by atoms with E-state index in [9.17, 15) is 88.2 Å². The highest BCUT2D eigenvalue weighted by Crippen LogP contribution is 2.18. The lowest BCUT2D eigenvalue weighted by Crippen LogP contribution is -2.51. The number of nitrogens with one attached hydrogen (secondary N) is 4. The van der Waals surface area contributed by atoms with Gasteiger partial charge in [0, 0.05) is 75.8 Å². The van der Waals surface area contributed by atoms with Crippen LogP contribution in [0.1, 0.15) is 49.7 Å². The predicted molar refractivity (Wildman–Crippen MR) is 341 cm³/mol. The van der Waals surface area contributed by atoms with Gasteiger partial charge in [-0.2, -0.15) is 0 Å². The summed E-state index contributed by atoms with van der Waals surface area (Å²) in [6.45, 7) is -5.98. The van der Waals surface area contributed by atoms with Crippen molar-refractivity contribution in [3.63, 3.8) is 0 Å². The molecule has 36 nitrogen and oxygen atoms in total. The Morgan fingerprint density at radius 3 is 0.851 bits per heavy atom. The van der Waals surface area contributed by atoms with Crippen LogP contribution in [0.4, 0.5) is 11.4 Å². The fraction of sp³-hybridized carbons (Fsp3) is 0.536. The van der Waals surface area contributed by atoms with Crippen LogP contribution in [0.2, 0.25) is 0 Å². The van der Waals surface area contributed by atoms with Crippen molar-refractivity contribution in [2.45, 2.75) is 75.5 Å². The van der Waals surface area contributed by atoms with Crippen LogP contribution in [0.5, 0.6) is 0 Å². The molecule has 0 aliphatic heterocycles. The number of carboxylic acid groups (broad SMARTS) is 12. The Hall–Kier alpha value is -8.86. The third kappa shape index (κ3) is 40.9. The van der Waals surface area contributed by atoms with Gasteiger partial charge in [0.05, 0.1) is 65.4 Å². The normalized spacial score (nSPS) is 12.4. The lowest BCUT2D eigenvalue weighted by Gasteiger charge is -2.34. The molecule has 2 aromatic carbocycles. The molecular formula is C56H84N12O24S2. The van der Waals surface area contributed by atoms with Crippen LogP contribution in [-0.2, 0) is 70.4 Å². The summed E-state index contributed by atoms with van der Waals surface area (Å²) in [5.41, 5.74) is 13.5. The summed E-state index contributed by atoms with van der Waals surface area (Å²) in [6.07, 6.45) is 3.33. The van der Waals surface area contributed by atoms with E-state index in [2.05, 4.69) is 21.3 Å². The minimum atomic E-state index is -1.31. The van der Waals surface area contributed by atoms with E-state index in [1.807, 2.05) is 0 Å². The van der Waals surface area contributed by atoms with Gasteiger partial charge < -0.3 is 94.0 Å². The minimum Gasteiger partial charge on any atom is -0.480 e. The van der Waals surface area contributed by atoms with Crippen molar-refractivity contribution in [1.29, 1.82) is 0 Å². The van der Waals surface area contributed by atoms with E-state index in [0.717, 1.165) is 9.80 Å². The molecule has 0 aliphatic rings. The van der Waals surface area contributed by atoms with Gasteiger partial charge in [-0.25, -0.2) is 0 Å². The molecule has 0 amide bonds. The SMILES string of the molecule is N[C@@H](CCCCNC(=S)Nc1ccc(C[C@@H](CN(CCN(CC(=O)O)CC(=O)O)CC(=O)O)N(CC(=O)O)CC(=O)O)cc1)C(=O)O.N[C@@H](CCCCNC(=S)Nc1ccc(C[C@H](CN(CCN(CC(=O)O)CC(=O)O)CC(=O)O)N(CC(=O)O)CC(=O)O)cc1)C(=O)O. The molecule has 0 bridgehead atoms. The Kier molecular flexibility index (Phi) is 40.2. The highest BCUT2D eigenvalue weighted by molar-refractivity contribution is 7.80. The molecule has 2 aromatic rings. The first-order valence-corrected chi connectivity index (χ1v) is 29.7. The maximum absolute atomic E-state index is 11.7. The molecule has 20 N–H and O–H groups in total. The predicted octanol–water partition coefficient (Wildman–Crippen LogP) is -2.41. The molecular weight excluding hydrogens is 1290 g/mol. The number of nitrogens with zero attached hydrogens (tertiary/aromatic N) is 6. The quantitative estimate of drug-likeness (QED) is 0.0242. The topological polar surface area (TPSA) is 567 Å². The number of anilines is 2. The Morgan fingerprint density at radius 2 is 0.606 bits per heavy atom. The number of hydrogen-bond acceptors (Lipinski definition) is 22. The van der Waals surface area contributed by atoms with Crippen LogP contribution in [0.15, 0.2) is 48.5 Å². The standard InChI is InChI=1S/2C28H42N6O12S/c2*29-21(27(45)46)3-1-2-8-30-28(47)31-19-6-4-18(5-7-19)11-20(34(16-25(41)42)17-26(43)44)12-32(13-22(35)36)9-10-33(14-23(37)38)15-24(39)40/h2*4-7,20-21H,1-3,8-17,29H2,(H,35,36)(H,37,38)(H,39,40)(H,41,42)(H,43,44)(H,45,46)(H2,30,31,47)/t20-,21+;20-,21-/m10/s1. The van der Waals surface area contributed by atoms with E-state index < -0.39 is 161 Å². The van der Waals surface area contributed by atoms with Crippen molar-refractivity contribution in [3.8, 4) is 0 Å². The maximum Gasteiger partial charge on any atom is 0.320 e. The van der Waals surface area contributed by atoms with Crippen molar-refractivity contribution in [2.24, 2.45) is 11.5 Å². The third-order valence-corrected chi connectivity index (χ3v) is 13.9. The molecule has 0 spiro atoms. The molecule has 38 heteroatoms. The summed E-state index contributed by atoms with van der Waals surface area (Å²) in [6, 6.07) is 10.1. The van der Waals surface area contributed by atoms with Gasteiger partial charge in [-0.05, 0) is 111 Å². The van der Waals surface area contributed by atoms with E-state index in [0.29, 0.717) is 84.3 Å². The molecule has 0 aromatic heterocycles. The first-order chi connectivity index (χ1) is 44.1. The number of benzene rings is 2. The zero-order valence-electron chi connectivity index (χ0n) is 51.2. The van der Waals surface area contributed by atoms with Crippen molar-refractivity contribution >= 4 is 118 Å². The molecule has 2 rings (SSSR count). The zero-order valence-corrected chi connectivity index (χ0v) is 52.9. The molecule has 524 valence electrons. The van der Waals surface area contributed by atoms with Crippen molar-refractivity contribution in [1.82, 2.24) is 40.0 Å². The number of nitrogens with two attached hydrogens (primary N) is 2. The first-order valence-electron chi connectivity index (χ1n) is 28.9. The second kappa shape index (κ2) is 45.4. The number of rotatable bonds is 50. The Balaban J connectivity index is 0.000000940. The molecule has 0 saturated heterocycles. The van der Waals surface area contributed by atoms with Gasteiger partial charge in [0.25, 0.3) is 0 Å². The lowest BCUT2D eigenvalue weighted by molar-refractivity contribution is -0.145. The fourth-order valence-electron chi connectivity index (χ4n) is 9.12. The van der Waals surface area contributed by atoms with Gasteiger partial charge in [0.1, 0.15) is 12.1 Å². The Morgan fingerprint density at radius 1 is 0.362 bits per heavy atom. The van der Waals surface area contributed by atoms with Crippen LogP contribution >= 0.6 is 24.4 Å². The summed E-state index contributed by atoms with van der Waals surface area (Å²) in [5.74, 6) is -15.0. The van der Waals surface area contributed by atoms with Crippen molar-refractivity contribution in [2.75, 3.05) is 128 Å². The average molecular weight is 1370 g/mol. The average Bonchev–Trinajstić information content (AvgIpc) is 0.931. The summed E-state index contributed by atoms with van der Waals surface area (Å²) >= 11 is 10.6. The van der Waals surface area contributed by atoms with Crippen molar-refractivity contribution < 1.29 is 119 Å². The lowest BCUT2D eigenvalue weighted by atomic mass is 10.0. The van der Waals surface area contributed by atoms with E-state index in [-0.39, 0.29) is 52.1 Å². The second-order valence-corrected chi connectivity index (χ2v) is 22.2. The van der Waals surface area contributed by atoms with Crippen LogP contribution in [0, 0.1) is 0 Å². The van der Waals surface area contributed by atoms with Gasteiger partial charge in [-0.1, -0.05) is 24.3 Å². The molecule has 4 atom stereocenters. The number of thiocarbonyl (C=S) groups is 2. The minimum absolute atomic E-state index is 0.100. The largest absolute Gasteiger partial charge is 0.480 e. The molecule has 0 aliphatic carbocycles. The number of carbonyl (C=O) groups is 12. The zero-order chi connectivity index (χ0) is 71.0. The smallest absolute Gasteiger partial charge is 0.320 e. The van der Waals surface area contributed by atoms with E-state index in [4.69, 9.17) is 66.5 Å². The molecule has 94 heavy (non-hydrogen) atoms. The van der Waals surface area contributed by atoms with E-state index in [1.165, 1.54) is 19.6 Å². The molecule has 0 saturated carbocycles. The number of aliphatic carboxylic acids is 12. The van der Waals surface area contributed by atoms with Gasteiger partial charge >= 0.3 is 71.6 Å². The third-order valence-electron chi connectivity index (χ3n) is 13.4. The summed E-state index contributed by atoms with van der Waals surface area (Å²) < 4.78 is 0. The Bertz CT molecular complexity index is 2590. The van der Waals surface area contributed by atoms with Crippen LogP contribution < -0.4 is 32.7 Å². The summed E-state index contributed by atoms with van der Waals surface area (Å²) in [5, 5.41) is 124. The van der Waals surface area contributed by atoms with E-state index in [1.54, 1.807) is 48.5 Å². The molecule has 0 unspecified atom stereocenters. The molecule has 0 radical (unpaired) electrons. The first kappa shape index (κ1) is 83.2. The highest BCUT2D eigenvalue weighted by atomic mass is 32.1.